The zero-order valence-electron chi connectivity index (χ0n) is 7.95. The predicted molar refractivity (Wildman–Crippen MR) is 60.7 cm³/mol. The van der Waals surface area contributed by atoms with Gasteiger partial charge in [0.15, 0.2) is 0 Å². The molecule has 0 unspecified atom stereocenters. The number of benzene rings is 1. The van der Waals surface area contributed by atoms with Crippen molar-refractivity contribution in [1.29, 1.82) is 0 Å². The van der Waals surface area contributed by atoms with E-state index in [1.807, 2.05) is 0 Å². The molecule has 0 bridgehead atoms. The van der Waals surface area contributed by atoms with Gasteiger partial charge in [-0.1, -0.05) is 6.07 Å². The van der Waals surface area contributed by atoms with Gasteiger partial charge in [0.2, 0.25) is 0 Å². The lowest BCUT2D eigenvalue weighted by Crippen LogP contribution is -2.14. The van der Waals surface area contributed by atoms with Crippen LogP contribution in [0.5, 0.6) is 0 Å². The SMILES string of the molecule is CN(CS)c1ccc2c(c1)CCC2. The first-order chi connectivity index (χ1) is 6.31. The smallest absolute Gasteiger partial charge is 0.0606 e. The maximum atomic E-state index is 4.26. The lowest BCUT2D eigenvalue weighted by Gasteiger charge is -2.17. The molecule has 0 aromatic heterocycles. The summed E-state index contributed by atoms with van der Waals surface area (Å²) in [6, 6.07) is 6.76. The number of hydrogen-bond donors (Lipinski definition) is 1. The second-order valence-corrected chi connectivity index (χ2v) is 3.93. The summed E-state index contributed by atoms with van der Waals surface area (Å²) in [7, 11) is 2.07. The van der Waals surface area contributed by atoms with Crippen LogP contribution in [0.4, 0.5) is 5.69 Å². The molecule has 0 radical (unpaired) electrons. The first-order valence-corrected chi connectivity index (χ1v) is 5.38. The van der Waals surface area contributed by atoms with Crippen LogP contribution in [0.2, 0.25) is 0 Å². The Morgan fingerprint density at radius 3 is 2.85 bits per heavy atom. The van der Waals surface area contributed by atoms with E-state index in [4.69, 9.17) is 0 Å². The predicted octanol–water partition coefficient (Wildman–Crippen LogP) is 2.50. The molecule has 0 aliphatic heterocycles. The normalized spacial score (nSPS) is 14.3. The molecular formula is C11H15NS. The third-order valence-corrected chi connectivity index (χ3v) is 3.16. The van der Waals surface area contributed by atoms with E-state index < -0.39 is 0 Å². The molecule has 13 heavy (non-hydrogen) atoms. The van der Waals surface area contributed by atoms with Gasteiger partial charge in [0, 0.05) is 12.7 Å². The van der Waals surface area contributed by atoms with Crippen LogP contribution in [0.3, 0.4) is 0 Å². The maximum Gasteiger partial charge on any atom is 0.0606 e. The van der Waals surface area contributed by atoms with E-state index in [1.54, 1.807) is 0 Å². The Balaban J connectivity index is 2.30. The van der Waals surface area contributed by atoms with E-state index in [2.05, 4.69) is 42.8 Å². The molecule has 2 rings (SSSR count). The number of hydrogen-bond acceptors (Lipinski definition) is 2. The summed E-state index contributed by atoms with van der Waals surface area (Å²) < 4.78 is 0. The standard InChI is InChI=1S/C11H15NS/c1-12(8-13)11-6-5-9-3-2-4-10(9)7-11/h5-7,13H,2-4,8H2,1H3. The third kappa shape index (κ3) is 1.68. The Labute approximate surface area is 85.2 Å². The van der Waals surface area contributed by atoms with Crippen LogP contribution < -0.4 is 4.90 Å². The van der Waals surface area contributed by atoms with E-state index in [1.165, 1.54) is 36.1 Å². The Hall–Kier alpha value is -0.630. The minimum Gasteiger partial charge on any atom is -0.366 e. The van der Waals surface area contributed by atoms with E-state index in [-0.39, 0.29) is 0 Å². The maximum absolute atomic E-state index is 4.26. The topological polar surface area (TPSA) is 3.24 Å². The molecule has 2 heteroatoms. The Bertz CT molecular complexity index is 309. The second-order valence-electron chi connectivity index (χ2n) is 3.65. The summed E-state index contributed by atoms with van der Waals surface area (Å²) >= 11 is 4.26. The molecule has 1 aromatic carbocycles. The highest BCUT2D eigenvalue weighted by Gasteiger charge is 2.11. The number of aryl methyl sites for hydroxylation is 2. The third-order valence-electron chi connectivity index (χ3n) is 2.73. The lowest BCUT2D eigenvalue weighted by atomic mass is 10.1. The Morgan fingerprint density at radius 1 is 1.31 bits per heavy atom. The molecule has 0 atom stereocenters. The molecule has 0 saturated carbocycles. The van der Waals surface area contributed by atoms with Crippen molar-refractivity contribution in [3.05, 3.63) is 29.3 Å². The van der Waals surface area contributed by atoms with Gasteiger partial charge in [-0.2, -0.15) is 12.6 Å². The van der Waals surface area contributed by atoms with E-state index in [0.717, 1.165) is 5.88 Å². The van der Waals surface area contributed by atoms with E-state index >= 15 is 0 Å². The molecule has 0 spiro atoms. The summed E-state index contributed by atoms with van der Waals surface area (Å²) in [5.41, 5.74) is 4.36. The van der Waals surface area contributed by atoms with E-state index in [9.17, 15) is 0 Å². The van der Waals surface area contributed by atoms with Crippen LogP contribution in [0.1, 0.15) is 17.5 Å². The minimum atomic E-state index is 0.777. The van der Waals surface area contributed by atoms with Crippen molar-refractivity contribution < 1.29 is 0 Å². The molecule has 0 heterocycles. The van der Waals surface area contributed by atoms with Crippen LogP contribution in [0.15, 0.2) is 18.2 Å². The fraction of sp³-hybridized carbons (Fsp3) is 0.455. The summed E-state index contributed by atoms with van der Waals surface area (Å²) in [6.45, 7) is 0. The molecule has 0 amide bonds. The van der Waals surface area contributed by atoms with Crippen molar-refractivity contribution in [2.75, 3.05) is 17.8 Å². The summed E-state index contributed by atoms with van der Waals surface area (Å²) in [4.78, 5) is 2.15. The summed E-state index contributed by atoms with van der Waals surface area (Å²) in [5.74, 6) is 0.777. The zero-order valence-corrected chi connectivity index (χ0v) is 8.85. The number of fused-ring (bicyclic) bond motifs is 1. The molecule has 0 N–H and O–H groups in total. The fourth-order valence-electron chi connectivity index (χ4n) is 1.88. The molecule has 1 aliphatic rings. The van der Waals surface area contributed by atoms with Crippen molar-refractivity contribution in [3.8, 4) is 0 Å². The summed E-state index contributed by atoms with van der Waals surface area (Å²) in [6.07, 6.45) is 3.84. The van der Waals surface area contributed by atoms with Crippen molar-refractivity contribution in [2.45, 2.75) is 19.3 Å². The summed E-state index contributed by atoms with van der Waals surface area (Å²) in [5, 5.41) is 0. The number of thiol groups is 1. The molecule has 70 valence electrons. The molecule has 1 nitrogen and oxygen atoms in total. The van der Waals surface area contributed by atoms with Gasteiger partial charge in [0.1, 0.15) is 0 Å². The fourth-order valence-corrected chi connectivity index (χ4v) is 2.04. The molecule has 1 aliphatic carbocycles. The monoisotopic (exact) mass is 193 g/mol. The van der Waals surface area contributed by atoms with Crippen molar-refractivity contribution in [3.63, 3.8) is 0 Å². The van der Waals surface area contributed by atoms with Gasteiger partial charge in [-0.15, -0.1) is 0 Å². The van der Waals surface area contributed by atoms with Gasteiger partial charge in [0.25, 0.3) is 0 Å². The first kappa shape index (κ1) is 8.95. The Kier molecular flexibility index (Phi) is 2.49. The van der Waals surface area contributed by atoms with Crippen molar-refractivity contribution >= 4 is 18.3 Å². The van der Waals surface area contributed by atoms with Crippen LogP contribution in [-0.2, 0) is 12.8 Å². The second kappa shape index (κ2) is 3.62. The highest BCUT2D eigenvalue weighted by molar-refractivity contribution is 7.80. The van der Waals surface area contributed by atoms with Gasteiger partial charge in [-0.3, -0.25) is 0 Å². The van der Waals surface area contributed by atoms with E-state index in [0.29, 0.717) is 0 Å². The highest BCUT2D eigenvalue weighted by Crippen LogP contribution is 2.26. The first-order valence-electron chi connectivity index (χ1n) is 4.75. The quantitative estimate of drug-likeness (QED) is 0.558. The van der Waals surface area contributed by atoms with Gasteiger partial charge in [0.05, 0.1) is 5.88 Å². The van der Waals surface area contributed by atoms with Crippen LogP contribution in [-0.4, -0.2) is 12.9 Å². The largest absolute Gasteiger partial charge is 0.366 e. The van der Waals surface area contributed by atoms with Crippen LogP contribution >= 0.6 is 12.6 Å². The minimum absolute atomic E-state index is 0.777. The number of rotatable bonds is 2. The lowest BCUT2D eigenvalue weighted by molar-refractivity contribution is 0.911. The zero-order chi connectivity index (χ0) is 9.26. The van der Waals surface area contributed by atoms with Gasteiger partial charge >= 0.3 is 0 Å². The molecule has 1 aromatic rings. The average Bonchev–Trinajstić information content (AvgIpc) is 2.63. The number of nitrogens with zero attached hydrogens (tertiary/aromatic N) is 1. The van der Waals surface area contributed by atoms with Crippen molar-refractivity contribution in [2.24, 2.45) is 0 Å². The number of anilines is 1. The van der Waals surface area contributed by atoms with Crippen LogP contribution in [0.25, 0.3) is 0 Å². The van der Waals surface area contributed by atoms with Gasteiger partial charge in [-0.25, -0.2) is 0 Å². The van der Waals surface area contributed by atoms with Crippen LogP contribution in [0, 0.1) is 0 Å². The van der Waals surface area contributed by atoms with Crippen molar-refractivity contribution in [1.82, 2.24) is 0 Å². The van der Waals surface area contributed by atoms with Gasteiger partial charge in [-0.05, 0) is 42.5 Å². The molecule has 0 saturated heterocycles. The highest BCUT2D eigenvalue weighted by atomic mass is 32.1. The van der Waals surface area contributed by atoms with Gasteiger partial charge < -0.3 is 4.90 Å². The molecule has 0 fully saturated rings. The Morgan fingerprint density at radius 2 is 2.08 bits per heavy atom. The molecular weight excluding hydrogens is 178 g/mol. The average molecular weight is 193 g/mol.